The second kappa shape index (κ2) is 9.72. The zero-order valence-electron chi connectivity index (χ0n) is 15.7. The van der Waals surface area contributed by atoms with Crippen molar-refractivity contribution in [1.82, 2.24) is 10.8 Å². The van der Waals surface area contributed by atoms with Crippen LogP contribution in [0.15, 0.2) is 59.0 Å². The zero-order chi connectivity index (χ0) is 20.6. The summed E-state index contributed by atoms with van der Waals surface area (Å²) in [6.45, 7) is 0.652. The highest BCUT2D eigenvalue weighted by Gasteiger charge is 2.07. The number of carbonyl (C=O) groups is 1. The van der Waals surface area contributed by atoms with E-state index in [1.54, 1.807) is 37.5 Å². The fourth-order valence-corrected chi connectivity index (χ4v) is 2.76. The Bertz CT molecular complexity index is 1030. The quantitative estimate of drug-likeness (QED) is 0.226. The molecule has 3 aromatic rings. The molecule has 0 spiro atoms. The first-order valence-corrected chi connectivity index (χ1v) is 9.21. The van der Waals surface area contributed by atoms with E-state index in [2.05, 4.69) is 5.32 Å². The molecule has 0 aliphatic heterocycles. The van der Waals surface area contributed by atoms with E-state index < -0.39 is 0 Å². The second-order valence-electron chi connectivity index (χ2n) is 5.97. The van der Waals surface area contributed by atoms with Gasteiger partial charge in [0.15, 0.2) is 11.3 Å². The maximum Gasteiger partial charge on any atom is 0.244 e. The predicted octanol–water partition coefficient (Wildman–Crippen LogP) is 3.30. The van der Waals surface area contributed by atoms with E-state index in [0.717, 1.165) is 5.39 Å². The molecule has 1 amide bonds. The molecule has 0 radical (unpaired) electrons. The minimum atomic E-state index is -0.254. The monoisotopic (exact) mass is 412 g/mol. The minimum absolute atomic E-state index is 0.235. The summed E-state index contributed by atoms with van der Waals surface area (Å²) in [6.07, 6.45) is 3.01. The maximum absolute atomic E-state index is 12.0. The fourth-order valence-electron chi connectivity index (χ4n) is 2.63. The predicted molar refractivity (Wildman–Crippen MR) is 113 cm³/mol. The minimum Gasteiger partial charge on any atom is -0.493 e. The Morgan fingerprint density at radius 1 is 1.24 bits per heavy atom. The van der Waals surface area contributed by atoms with Crippen LogP contribution >= 0.6 is 12.2 Å². The van der Waals surface area contributed by atoms with E-state index in [1.807, 2.05) is 29.7 Å². The molecule has 0 aliphatic rings. The van der Waals surface area contributed by atoms with Crippen molar-refractivity contribution in [2.45, 2.75) is 0 Å². The molecule has 0 saturated heterocycles. The van der Waals surface area contributed by atoms with Gasteiger partial charge in [0.25, 0.3) is 0 Å². The lowest BCUT2D eigenvalue weighted by Gasteiger charge is -2.07. The standard InChI is InChI=1S/C21H20N2O5S/c1-26-18-4-2-3-15-13-17(28-20(15)18)9-10-19(24)22-11-12-27-16-7-5-14(6-8-16)21(29)23-25/h2-10,13,25H,11-12H2,1H3,(H,22,24)(H,23,29). The molecule has 7 nitrogen and oxygen atoms in total. The molecule has 0 saturated carbocycles. The van der Waals surface area contributed by atoms with Crippen molar-refractivity contribution in [1.29, 1.82) is 0 Å². The molecule has 1 aromatic heterocycles. The van der Waals surface area contributed by atoms with E-state index in [0.29, 0.717) is 41.6 Å². The average Bonchev–Trinajstić information content (AvgIpc) is 3.18. The molecule has 29 heavy (non-hydrogen) atoms. The zero-order valence-corrected chi connectivity index (χ0v) is 16.5. The van der Waals surface area contributed by atoms with Crippen LogP contribution in [-0.2, 0) is 4.79 Å². The Morgan fingerprint density at radius 3 is 2.76 bits per heavy atom. The number of hydroxylamine groups is 1. The summed E-state index contributed by atoms with van der Waals surface area (Å²) in [5.74, 6) is 1.59. The van der Waals surface area contributed by atoms with Crippen molar-refractivity contribution < 1.29 is 23.9 Å². The highest BCUT2D eigenvalue weighted by molar-refractivity contribution is 7.80. The van der Waals surface area contributed by atoms with Gasteiger partial charge in [0.2, 0.25) is 5.91 Å². The highest BCUT2D eigenvalue weighted by Crippen LogP contribution is 2.28. The van der Waals surface area contributed by atoms with Gasteiger partial charge in [-0.3, -0.25) is 15.5 Å². The second-order valence-corrected chi connectivity index (χ2v) is 6.37. The number of thiocarbonyl (C=S) groups is 1. The molecule has 0 fully saturated rings. The molecule has 0 bridgehead atoms. The van der Waals surface area contributed by atoms with Gasteiger partial charge in [0.1, 0.15) is 23.1 Å². The van der Waals surface area contributed by atoms with Crippen LogP contribution in [0.25, 0.3) is 17.0 Å². The molecular weight excluding hydrogens is 392 g/mol. The Kier molecular flexibility index (Phi) is 6.83. The number of furan rings is 1. The van der Waals surface area contributed by atoms with Crippen molar-refractivity contribution in [3.05, 3.63) is 65.9 Å². The van der Waals surface area contributed by atoms with Gasteiger partial charge < -0.3 is 19.2 Å². The van der Waals surface area contributed by atoms with Crippen LogP contribution in [-0.4, -0.2) is 36.4 Å². The van der Waals surface area contributed by atoms with Gasteiger partial charge >= 0.3 is 0 Å². The van der Waals surface area contributed by atoms with E-state index in [4.69, 9.17) is 31.3 Å². The summed E-state index contributed by atoms with van der Waals surface area (Å²) in [5, 5.41) is 12.4. The number of carbonyl (C=O) groups excluding carboxylic acids is 1. The van der Waals surface area contributed by atoms with Gasteiger partial charge in [0.05, 0.1) is 13.7 Å². The molecule has 0 atom stereocenters. The topological polar surface area (TPSA) is 93.0 Å². The lowest BCUT2D eigenvalue weighted by molar-refractivity contribution is -0.116. The van der Waals surface area contributed by atoms with Crippen molar-refractivity contribution in [3.8, 4) is 11.5 Å². The Morgan fingerprint density at radius 2 is 2.03 bits per heavy atom. The number of ether oxygens (including phenoxy) is 2. The van der Waals surface area contributed by atoms with Crippen molar-refractivity contribution in [2.75, 3.05) is 20.3 Å². The van der Waals surface area contributed by atoms with Gasteiger partial charge in [-0.25, -0.2) is 0 Å². The Labute approximate surface area is 172 Å². The van der Waals surface area contributed by atoms with Crippen molar-refractivity contribution in [3.63, 3.8) is 0 Å². The third kappa shape index (κ3) is 5.34. The number of rotatable bonds is 8. The van der Waals surface area contributed by atoms with Gasteiger partial charge in [-0.2, -0.15) is 0 Å². The molecule has 2 aromatic carbocycles. The average molecular weight is 412 g/mol. The Hall–Kier alpha value is -3.36. The lowest BCUT2D eigenvalue weighted by Crippen LogP contribution is -2.26. The smallest absolute Gasteiger partial charge is 0.244 e. The number of hydrogen-bond donors (Lipinski definition) is 3. The number of fused-ring (bicyclic) bond motifs is 1. The van der Waals surface area contributed by atoms with E-state index in [9.17, 15) is 4.79 Å². The van der Waals surface area contributed by atoms with Gasteiger partial charge in [-0.15, -0.1) is 0 Å². The van der Waals surface area contributed by atoms with E-state index in [1.165, 1.54) is 6.08 Å². The van der Waals surface area contributed by atoms with Crippen LogP contribution in [0.2, 0.25) is 0 Å². The van der Waals surface area contributed by atoms with Gasteiger partial charge in [-0.05, 0) is 42.5 Å². The number of hydrogen-bond acceptors (Lipinski definition) is 6. The molecule has 1 heterocycles. The number of nitrogens with one attached hydrogen (secondary N) is 2. The maximum atomic E-state index is 12.0. The first-order valence-electron chi connectivity index (χ1n) is 8.80. The first-order chi connectivity index (χ1) is 14.1. The molecule has 3 N–H and O–H groups in total. The Balaban J connectivity index is 1.46. The highest BCUT2D eigenvalue weighted by atomic mass is 32.1. The normalized spacial score (nSPS) is 10.8. The van der Waals surface area contributed by atoms with Crippen LogP contribution in [0.1, 0.15) is 11.3 Å². The lowest BCUT2D eigenvalue weighted by atomic mass is 10.2. The molecule has 150 valence electrons. The third-order valence-electron chi connectivity index (χ3n) is 4.03. The molecule has 8 heteroatoms. The number of amides is 1. The number of para-hydroxylation sites is 1. The van der Waals surface area contributed by atoms with Crippen LogP contribution in [0.5, 0.6) is 11.5 Å². The molecule has 3 rings (SSSR count). The summed E-state index contributed by atoms with van der Waals surface area (Å²) in [5.41, 5.74) is 3.25. The number of benzene rings is 2. The van der Waals surface area contributed by atoms with E-state index in [-0.39, 0.29) is 10.9 Å². The van der Waals surface area contributed by atoms with Crippen molar-refractivity contribution in [2.24, 2.45) is 0 Å². The van der Waals surface area contributed by atoms with Gasteiger partial charge in [0, 0.05) is 17.0 Å². The summed E-state index contributed by atoms with van der Waals surface area (Å²) < 4.78 is 16.5. The number of methoxy groups -OCH3 is 1. The molecular formula is C21H20N2O5S. The fraction of sp³-hybridized carbons (Fsp3) is 0.143. The summed E-state index contributed by atoms with van der Waals surface area (Å²) in [4.78, 5) is 12.2. The molecule has 0 unspecified atom stereocenters. The van der Waals surface area contributed by atoms with Gasteiger partial charge in [-0.1, -0.05) is 24.4 Å². The first kappa shape index (κ1) is 20.4. The molecule has 0 aliphatic carbocycles. The van der Waals surface area contributed by atoms with E-state index >= 15 is 0 Å². The third-order valence-corrected chi connectivity index (χ3v) is 4.36. The van der Waals surface area contributed by atoms with Crippen LogP contribution in [0.4, 0.5) is 0 Å². The summed E-state index contributed by atoms with van der Waals surface area (Å²) in [6, 6.07) is 14.4. The van der Waals surface area contributed by atoms with Crippen LogP contribution < -0.4 is 20.3 Å². The largest absolute Gasteiger partial charge is 0.493 e. The van der Waals surface area contributed by atoms with Crippen LogP contribution in [0, 0.1) is 0 Å². The summed E-state index contributed by atoms with van der Waals surface area (Å²) in [7, 11) is 1.58. The summed E-state index contributed by atoms with van der Waals surface area (Å²) >= 11 is 4.92. The van der Waals surface area contributed by atoms with Crippen molar-refractivity contribution >= 4 is 40.2 Å². The SMILES string of the molecule is COc1cccc2cc(C=CC(=O)NCCOc3ccc(C(=S)NO)cc3)oc12. The van der Waals surface area contributed by atoms with Crippen LogP contribution in [0.3, 0.4) is 0 Å².